The molecule has 0 aliphatic carbocycles. The Labute approximate surface area is 445 Å². The number of nitrogens with zero attached hydrogens (tertiary/aromatic N) is 2. The minimum Gasteiger partial charge on any atom is -0.508 e. The van der Waals surface area contributed by atoms with Crippen LogP contribution in [0.5, 0.6) is 23.0 Å². The largest absolute Gasteiger partial charge is 0.508 e. The highest BCUT2D eigenvalue weighted by molar-refractivity contribution is 7.99. The summed E-state index contributed by atoms with van der Waals surface area (Å²) < 4.78 is 12.1. The number of hydrogen-bond donors (Lipinski definition) is 4. The van der Waals surface area contributed by atoms with Crippen molar-refractivity contribution in [3.63, 3.8) is 0 Å². The summed E-state index contributed by atoms with van der Waals surface area (Å²) in [7, 11) is 7.78. The molecule has 2 aliphatic heterocycles. The second kappa shape index (κ2) is 31.2. The predicted octanol–water partition coefficient (Wildman–Crippen LogP) is 15.1. The molecule has 11 heteroatoms. The van der Waals surface area contributed by atoms with Crippen molar-refractivity contribution in [3.05, 3.63) is 107 Å². The van der Waals surface area contributed by atoms with Crippen LogP contribution in [0.2, 0.25) is 0 Å². The van der Waals surface area contributed by atoms with E-state index in [2.05, 4.69) is 100.0 Å². The molecule has 4 N–H and O–H groups in total. The van der Waals surface area contributed by atoms with Gasteiger partial charge in [-0.2, -0.15) is 11.8 Å². The van der Waals surface area contributed by atoms with Crippen molar-refractivity contribution in [1.82, 2.24) is 9.80 Å². The second-order valence-electron chi connectivity index (χ2n) is 21.4. The summed E-state index contributed by atoms with van der Waals surface area (Å²) in [6, 6.07) is 27.3. The standard InChI is InChI=1S/C30H45NO3S2.C30H45NO2S2/c1-30(24-13-15-25(32)16-14-24)23-35-29-22-26(33)17-18-27(29)28(30)12-9-7-5-4-6-8-10-20-36(34)21-11-19-31(2)3;1-30(24-13-15-25(32)16-14-24)23-35-29-22-26(33)17-18-27(29)28(30)12-9-7-5-4-6-8-10-20-34-21-11-19-31(2)3/h13-18,22,28,32-33H,4-12,19-21,23H2,1-3H3;13-18,22,28,32-33H,4-12,19-21,23H2,1-3H3/t28-,30-,36?;/m1./s1. The van der Waals surface area contributed by atoms with Crippen LogP contribution in [0.25, 0.3) is 0 Å². The van der Waals surface area contributed by atoms with E-state index in [1.54, 1.807) is 12.1 Å². The van der Waals surface area contributed by atoms with Gasteiger partial charge < -0.3 is 30.2 Å². The molecule has 4 aromatic carbocycles. The summed E-state index contributed by atoms with van der Waals surface area (Å²) in [5.41, 5.74) is 5.30. The molecular formula is C60H90N2O5S4. The van der Waals surface area contributed by atoms with Crippen molar-refractivity contribution in [2.75, 3.05) is 75.8 Å². The highest BCUT2D eigenvalue weighted by Crippen LogP contribution is 2.54. The zero-order valence-electron chi connectivity index (χ0n) is 44.3. The number of hydrogen-bond acceptors (Lipinski definition) is 10. The fourth-order valence-corrected chi connectivity index (χ4v) is 15.5. The first-order valence-electron chi connectivity index (χ1n) is 26.9. The Kier molecular flexibility index (Phi) is 25.9. The molecule has 394 valence electrons. The fraction of sp³-hybridized carbons (Fsp3) is 0.600. The van der Waals surface area contributed by atoms with Crippen molar-refractivity contribution in [1.29, 1.82) is 0 Å². The van der Waals surface area contributed by atoms with Crippen LogP contribution >= 0.6 is 35.3 Å². The second-order valence-corrected chi connectivity index (χ2v) is 26.3. The monoisotopic (exact) mass is 1050 g/mol. The van der Waals surface area contributed by atoms with Gasteiger partial charge in [-0.1, -0.05) is 127 Å². The average Bonchev–Trinajstić information content (AvgIpc) is 3.34. The zero-order valence-corrected chi connectivity index (χ0v) is 47.6. The van der Waals surface area contributed by atoms with Crippen LogP contribution < -0.4 is 0 Å². The minimum absolute atomic E-state index is 0.00939. The average molecular weight is 1050 g/mol. The Morgan fingerprint density at radius 3 is 1.31 bits per heavy atom. The van der Waals surface area contributed by atoms with E-state index >= 15 is 0 Å². The Morgan fingerprint density at radius 1 is 0.493 bits per heavy atom. The van der Waals surface area contributed by atoms with Crippen molar-refractivity contribution >= 4 is 46.1 Å². The number of rotatable bonds is 30. The third-order valence-corrected chi connectivity index (χ3v) is 20.4. The number of phenols is 4. The number of benzene rings is 4. The summed E-state index contributed by atoms with van der Waals surface area (Å²) in [4.78, 5) is 6.86. The van der Waals surface area contributed by atoms with Gasteiger partial charge in [-0.15, -0.1) is 23.5 Å². The van der Waals surface area contributed by atoms with Gasteiger partial charge in [0.2, 0.25) is 0 Å². The van der Waals surface area contributed by atoms with Crippen LogP contribution in [-0.2, 0) is 21.6 Å². The Hall–Kier alpha value is -2.80. The molecule has 7 nitrogen and oxygen atoms in total. The molecule has 0 radical (unpaired) electrons. The molecule has 0 spiro atoms. The zero-order chi connectivity index (χ0) is 51.1. The maximum atomic E-state index is 12.1. The molecule has 2 aliphatic rings. The van der Waals surface area contributed by atoms with Crippen LogP contribution in [0, 0.1) is 0 Å². The number of aromatic hydroxyl groups is 4. The SMILES string of the molecule is CN(C)CCCS(=O)CCCCCCCCC[C@@H]1c2ccc(O)cc2SC[C@]1(C)c1ccc(O)cc1.CN(C)CCCSCCCCCCCCCC1c2ccc(O)cc2SCC1(C)c1ccc(O)cc1. The predicted molar refractivity (Wildman–Crippen MR) is 309 cm³/mol. The summed E-state index contributed by atoms with van der Waals surface area (Å²) in [5, 5.41) is 39.6. The van der Waals surface area contributed by atoms with Gasteiger partial charge in [-0.3, -0.25) is 4.21 Å². The van der Waals surface area contributed by atoms with Gasteiger partial charge in [0.15, 0.2) is 0 Å². The van der Waals surface area contributed by atoms with Crippen LogP contribution in [0.1, 0.15) is 164 Å². The molecule has 0 saturated carbocycles. The van der Waals surface area contributed by atoms with E-state index in [1.165, 1.54) is 146 Å². The third kappa shape index (κ3) is 19.4. The fourth-order valence-electron chi connectivity index (χ4n) is 10.6. The maximum Gasteiger partial charge on any atom is 0.116 e. The number of thioether (sulfide) groups is 3. The third-order valence-electron chi connectivity index (χ3n) is 14.9. The van der Waals surface area contributed by atoms with E-state index in [9.17, 15) is 24.6 Å². The molecule has 5 atom stereocenters. The van der Waals surface area contributed by atoms with E-state index in [1.807, 2.05) is 59.9 Å². The lowest BCUT2D eigenvalue weighted by Gasteiger charge is -2.43. The number of fused-ring (bicyclic) bond motifs is 2. The van der Waals surface area contributed by atoms with Gasteiger partial charge in [0.1, 0.15) is 23.0 Å². The highest BCUT2D eigenvalue weighted by Gasteiger charge is 2.42. The van der Waals surface area contributed by atoms with E-state index < -0.39 is 10.8 Å². The summed E-state index contributed by atoms with van der Waals surface area (Å²) >= 11 is 5.80. The summed E-state index contributed by atoms with van der Waals surface area (Å²) in [6.45, 7) is 6.96. The van der Waals surface area contributed by atoms with Gasteiger partial charge in [0.25, 0.3) is 0 Å². The number of phenolic OH excluding ortho intramolecular Hbond substituents is 4. The highest BCUT2D eigenvalue weighted by atomic mass is 32.2. The molecule has 0 saturated heterocycles. The van der Waals surface area contributed by atoms with Gasteiger partial charge in [0, 0.05) is 54.4 Å². The molecule has 2 heterocycles. The van der Waals surface area contributed by atoms with E-state index in [4.69, 9.17) is 0 Å². The molecule has 0 bridgehead atoms. The van der Waals surface area contributed by atoms with Crippen LogP contribution in [-0.4, -0.2) is 110 Å². The van der Waals surface area contributed by atoms with Crippen molar-refractivity contribution in [2.45, 2.75) is 162 Å². The van der Waals surface area contributed by atoms with E-state index in [-0.39, 0.29) is 10.8 Å². The van der Waals surface area contributed by atoms with Crippen LogP contribution in [0.3, 0.4) is 0 Å². The maximum absolute atomic E-state index is 12.1. The van der Waals surface area contributed by atoms with Crippen molar-refractivity contribution in [2.24, 2.45) is 0 Å². The first-order valence-corrected chi connectivity index (χ1v) is 31.5. The lowest BCUT2D eigenvalue weighted by Crippen LogP contribution is -2.36. The minimum atomic E-state index is -0.652. The molecule has 0 aromatic heterocycles. The van der Waals surface area contributed by atoms with Crippen LogP contribution in [0.4, 0.5) is 0 Å². The first kappa shape index (κ1) is 59.1. The molecule has 0 amide bonds. The van der Waals surface area contributed by atoms with Gasteiger partial charge in [-0.25, -0.2) is 0 Å². The molecule has 0 fully saturated rings. The molecule has 71 heavy (non-hydrogen) atoms. The van der Waals surface area contributed by atoms with Crippen molar-refractivity contribution in [3.8, 4) is 23.0 Å². The Bertz CT molecular complexity index is 2150. The van der Waals surface area contributed by atoms with E-state index in [0.29, 0.717) is 34.8 Å². The molecule has 4 aromatic rings. The summed E-state index contributed by atoms with van der Waals surface area (Å²) in [5.74, 6) is 8.41. The summed E-state index contributed by atoms with van der Waals surface area (Å²) in [6.07, 6.45) is 22.4. The molecular weight excluding hydrogens is 957 g/mol. The first-order chi connectivity index (χ1) is 34.2. The number of unbranched alkanes of at least 4 members (excludes halogenated alkanes) is 12. The Morgan fingerprint density at radius 2 is 0.859 bits per heavy atom. The van der Waals surface area contributed by atoms with Gasteiger partial charge in [0.05, 0.1) is 0 Å². The lowest BCUT2D eigenvalue weighted by molar-refractivity contribution is 0.370. The van der Waals surface area contributed by atoms with E-state index in [0.717, 1.165) is 48.8 Å². The molecule has 3 unspecified atom stereocenters. The van der Waals surface area contributed by atoms with Crippen LogP contribution in [0.15, 0.2) is 94.7 Å². The topological polar surface area (TPSA) is 104 Å². The lowest BCUT2D eigenvalue weighted by atomic mass is 9.68. The Balaban J connectivity index is 0.000000264. The van der Waals surface area contributed by atoms with Gasteiger partial charge >= 0.3 is 0 Å². The normalized spacial score (nSPS) is 20.1. The quantitative estimate of drug-likeness (QED) is 0.0378. The van der Waals surface area contributed by atoms with Gasteiger partial charge in [-0.05, 0) is 174 Å². The molecule has 6 rings (SSSR count). The smallest absolute Gasteiger partial charge is 0.116 e. The van der Waals surface area contributed by atoms with Crippen molar-refractivity contribution < 1.29 is 24.6 Å².